The minimum absolute atomic E-state index is 0.145. The van der Waals surface area contributed by atoms with Gasteiger partial charge in [-0.2, -0.15) is 0 Å². The summed E-state index contributed by atoms with van der Waals surface area (Å²) in [5.74, 6) is -0.145. The Morgan fingerprint density at radius 3 is 2.57 bits per heavy atom. The lowest BCUT2D eigenvalue weighted by atomic mass is 10.0. The maximum atomic E-state index is 14.2. The number of aryl methyl sites for hydroxylation is 1. The Balaban J connectivity index is 1.69. The van der Waals surface area contributed by atoms with Gasteiger partial charge in [0.25, 0.3) is 0 Å². The smallest absolute Gasteiger partial charge is 0.132 e. The second kappa shape index (κ2) is 5.67. The van der Waals surface area contributed by atoms with Gasteiger partial charge in [-0.1, -0.05) is 36.4 Å². The lowest BCUT2D eigenvalue weighted by molar-refractivity contribution is 0.639. The summed E-state index contributed by atoms with van der Waals surface area (Å²) in [5.41, 5.74) is 4.40. The molecule has 0 saturated heterocycles. The first-order valence-corrected chi connectivity index (χ1v) is 8.45. The quantitative estimate of drug-likeness (QED) is 0.460. The number of nitrogens with zero attached hydrogens (tertiary/aromatic N) is 1. The number of thiophene rings is 1. The molecular weight excluding hydrogens is 305 g/mol. The first-order chi connectivity index (χ1) is 11.2. The van der Waals surface area contributed by atoms with Crippen LogP contribution in [0.25, 0.3) is 21.3 Å². The molecule has 0 atom stereocenters. The highest BCUT2D eigenvalue weighted by atomic mass is 32.1. The second-order valence-electron chi connectivity index (χ2n) is 5.75. The zero-order valence-electron chi connectivity index (χ0n) is 12.8. The molecule has 2 heterocycles. The van der Waals surface area contributed by atoms with Crippen LogP contribution >= 0.6 is 11.3 Å². The Labute approximate surface area is 138 Å². The summed E-state index contributed by atoms with van der Waals surface area (Å²) < 4.78 is 16.2. The van der Waals surface area contributed by atoms with Crippen LogP contribution in [0.3, 0.4) is 0 Å². The van der Waals surface area contributed by atoms with Crippen LogP contribution in [-0.2, 0) is 13.5 Å². The summed E-state index contributed by atoms with van der Waals surface area (Å²) >= 11 is 1.74. The second-order valence-corrected chi connectivity index (χ2v) is 6.70. The summed E-state index contributed by atoms with van der Waals surface area (Å²) in [6, 6.07) is 18.0. The molecule has 1 nitrogen and oxygen atoms in total. The summed E-state index contributed by atoms with van der Waals surface area (Å²) in [6.45, 7) is 0. The lowest BCUT2D eigenvalue weighted by Crippen LogP contribution is -1.88. The van der Waals surface area contributed by atoms with E-state index in [-0.39, 0.29) is 5.82 Å². The minimum Gasteiger partial charge on any atom is -0.350 e. The van der Waals surface area contributed by atoms with Crippen molar-refractivity contribution in [3.63, 3.8) is 0 Å². The summed E-state index contributed by atoms with van der Waals surface area (Å²) in [5, 5.41) is 2.82. The molecule has 4 rings (SSSR count). The van der Waals surface area contributed by atoms with Crippen LogP contribution in [0.15, 0.2) is 66.2 Å². The van der Waals surface area contributed by atoms with Crippen LogP contribution in [-0.4, -0.2) is 4.57 Å². The van der Waals surface area contributed by atoms with Gasteiger partial charge in [0, 0.05) is 23.5 Å². The molecule has 4 aromatic rings. The van der Waals surface area contributed by atoms with E-state index in [0.29, 0.717) is 0 Å². The predicted octanol–water partition coefficient (Wildman–Crippen LogP) is 5.64. The van der Waals surface area contributed by atoms with E-state index in [9.17, 15) is 4.39 Å². The first kappa shape index (κ1) is 14.2. The third-order valence-electron chi connectivity index (χ3n) is 4.20. The van der Waals surface area contributed by atoms with Crippen LogP contribution < -0.4 is 0 Å². The van der Waals surface area contributed by atoms with Gasteiger partial charge >= 0.3 is 0 Å². The molecule has 0 radical (unpaired) electrons. The van der Waals surface area contributed by atoms with Gasteiger partial charge in [-0.3, -0.25) is 0 Å². The summed E-state index contributed by atoms with van der Waals surface area (Å²) in [6.07, 6.45) is 2.77. The fourth-order valence-corrected chi connectivity index (χ4v) is 3.81. The molecule has 0 aliphatic carbocycles. The lowest BCUT2D eigenvalue weighted by Gasteiger charge is -2.03. The number of aromatic nitrogens is 1. The van der Waals surface area contributed by atoms with E-state index in [1.165, 1.54) is 22.1 Å². The Hall–Kier alpha value is -2.39. The highest BCUT2D eigenvalue weighted by Crippen LogP contribution is 2.28. The third-order valence-corrected chi connectivity index (χ3v) is 5.12. The molecule has 3 heteroatoms. The Morgan fingerprint density at radius 2 is 1.83 bits per heavy atom. The largest absolute Gasteiger partial charge is 0.350 e. The molecule has 0 unspecified atom stereocenters. The van der Waals surface area contributed by atoms with E-state index in [0.717, 1.165) is 22.9 Å². The van der Waals surface area contributed by atoms with E-state index >= 15 is 0 Å². The van der Waals surface area contributed by atoms with Gasteiger partial charge in [0.2, 0.25) is 0 Å². The van der Waals surface area contributed by atoms with E-state index in [4.69, 9.17) is 0 Å². The monoisotopic (exact) mass is 321 g/mol. The van der Waals surface area contributed by atoms with Gasteiger partial charge in [-0.25, -0.2) is 4.39 Å². The highest BCUT2D eigenvalue weighted by Gasteiger charge is 2.11. The molecular formula is C20H16FNS. The molecule has 114 valence electrons. The highest BCUT2D eigenvalue weighted by molar-refractivity contribution is 7.13. The van der Waals surface area contributed by atoms with E-state index in [1.807, 2.05) is 23.9 Å². The molecule has 23 heavy (non-hydrogen) atoms. The van der Waals surface area contributed by atoms with Crippen LogP contribution in [0, 0.1) is 5.82 Å². The van der Waals surface area contributed by atoms with Crippen LogP contribution in [0.1, 0.15) is 11.1 Å². The van der Waals surface area contributed by atoms with Crippen molar-refractivity contribution in [2.24, 2.45) is 7.05 Å². The first-order valence-electron chi connectivity index (χ1n) is 7.57. The van der Waals surface area contributed by atoms with Crippen molar-refractivity contribution in [1.82, 2.24) is 4.57 Å². The predicted molar refractivity (Wildman–Crippen MR) is 95.4 cm³/mol. The molecule has 0 saturated carbocycles. The van der Waals surface area contributed by atoms with Crippen molar-refractivity contribution in [3.05, 3.63) is 83.1 Å². The van der Waals surface area contributed by atoms with E-state index in [2.05, 4.69) is 41.8 Å². The maximum Gasteiger partial charge on any atom is 0.132 e. The van der Waals surface area contributed by atoms with Gasteiger partial charge in [0.15, 0.2) is 0 Å². The molecule has 0 aliphatic heterocycles. The van der Waals surface area contributed by atoms with Crippen molar-refractivity contribution in [2.45, 2.75) is 6.42 Å². The number of halogens is 1. The molecule has 0 spiro atoms. The topological polar surface area (TPSA) is 4.93 Å². The minimum atomic E-state index is -0.145. The van der Waals surface area contributed by atoms with Gasteiger partial charge in [-0.05, 0) is 46.7 Å². The Morgan fingerprint density at radius 1 is 1.00 bits per heavy atom. The molecule has 2 aromatic carbocycles. The van der Waals surface area contributed by atoms with Crippen molar-refractivity contribution in [3.8, 4) is 10.4 Å². The normalized spacial score (nSPS) is 11.2. The molecule has 2 aromatic heterocycles. The zero-order valence-corrected chi connectivity index (χ0v) is 13.6. The van der Waals surface area contributed by atoms with Gasteiger partial charge in [-0.15, -0.1) is 11.3 Å². The fraction of sp³-hybridized carbons (Fsp3) is 0.100. The van der Waals surface area contributed by atoms with Crippen molar-refractivity contribution >= 4 is 22.2 Å². The number of rotatable bonds is 3. The standard InChI is InChI=1S/C20H16FNS/c1-22-13-16(20-17(21)4-2-5-18(20)22)12-14-7-9-15(10-8-14)19-6-3-11-23-19/h2-11,13H,12H2,1H3. The fourth-order valence-electron chi connectivity index (χ4n) is 3.08. The van der Waals surface area contributed by atoms with Gasteiger partial charge in [0.05, 0.1) is 5.52 Å². The van der Waals surface area contributed by atoms with Crippen molar-refractivity contribution in [1.29, 1.82) is 0 Å². The summed E-state index contributed by atoms with van der Waals surface area (Å²) in [7, 11) is 1.96. The van der Waals surface area contributed by atoms with Crippen LogP contribution in [0.5, 0.6) is 0 Å². The Bertz CT molecular complexity index is 949. The van der Waals surface area contributed by atoms with Crippen molar-refractivity contribution in [2.75, 3.05) is 0 Å². The summed E-state index contributed by atoms with van der Waals surface area (Å²) in [4.78, 5) is 1.27. The average molecular weight is 321 g/mol. The third kappa shape index (κ3) is 2.57. The molecule has 0 bridgehead atoms. The number of benzene rings is 2. The molecule has 0 amide bonds. The van der Waals surface area contributed by atoms with E-state index < -0.39 is 0 Å². The van der Waals surface area contributed by atoms with Gasteiger partial charge in [0.1, 0.15) is 5.82 Å². The molecule has 0 N–H and O–H groups in total. The number of hydrogen-bond donors (Lipinski definition) is 0. The SMILES string of the molecule is Cn1cc(Cc2ccc(-c3cccs3)cc2)c2c(F)cccc21. The zero-order chi connectivity index (χ0) is 15.8. The average Bonchev–Trinajstić information content (AvgIpc) is 3.18. The van der Waals surface area contributed by atoms with Crippen LogP contribution in [0.4, 0.5) is 4.39 Å². The molecule has 0 aliphatic rings. The van der Waals surface area contributed by atoms with E-state index in [1.54, 1.807) is 17.4 Å². The van der Waals surface area contributed by atoms with Gasteiger partial charge < -0.3 is 4.57 Å². The Kier molecular flexibility index (Phi) is 3.50. The molecule has 0 fully saturated rings. The van der Waals surface area contributed by atoms with Crippen molar-refractivity contribution < 1.29 is 4.39 Å². The number of hydrogen-bond acceptors (Lipinski definition) is 1. The van der Waals surface area contributed by atoms with Crippen LogP contribution in [0.2, 0.25) is 0 Å². The number of fused-ring (bicyclic) bond motifs is 1. The maximum absolute atomic E-state index is 14.2.